The monoisotopic (exact) mass is 432 g/mol. The van der Waals surface area contributed by atoms with Crippen molar-refractivity contribution in [2.45, 2.75) is 30.3 Å². The fourth-order valence-electron chi connectivity index (χ4n) is 6.15. The molecular formula is C25H21FN2O2S. The number of hydrogen-bond donors (Lipinski definition) is 1. The Morgan fingerprint density at radius 1 is 1.10 bits per heavy atom. The molecule has 4 atom stereocenters. The predicted molar refractivity (Wildman–Crippen MR) is 118 cm³/mol. The van der Waals surface area contributed by atoms with Crippen molar-refractivity contribution in [3.63, 3.8) is 0 Å². The lowest BCUT2D eigenvalue weighted by atomic mass is 9.69. The number of fused-ring (bicyclic) bond motifs is 4. The Kier molecular flexibility index (Phi) is 4.17. The molecule has 1 unspecified atom stereocenters. The first-order valence-electron chi connectivity index (χ1n) is 10.6. The van der Waals surface area contributed by atoms with Gasteiger partial charge in [0.25, 0.3) is 0 Å². The van der Waals surface area contributed by atoms with Crippen LogP contribution in [0.15, 0.2) is 66.0 Å². The zero-order valence-electron chi connectivity index (χ0n) is 16.8. The number of hydrogen-bond acceptors (Lipinski definition) is 4. The summed E-state index contributed by atoms with van der Waals surface area (Å²) < 4.78 is 13.7. The largest absolute Gasteiger partial charge is 0.324 e. The molecule has 1 N–H and O–H groups in total. The van der Waals surface area contributed by atoms with Crippen molar-refractivity contribution in [3.05, 3.63) is 87.9 Å². The second-order valence-corrected chi connectivity index (χ2v) is 9.51. The first-order valence-corrected chi connectivity index (χ1v) is 11.5. The highest BCUT2D eigenvalue weighted by Gasteiger charge is 2.69. The van der Waals surface area contributed by atoms with Crippen LogP contribution in [0.25, 0.3) is 0 Å². The van der Waals surface area contributed by atoms with E-state index in [1.54, 1.807) is 12.1 Å². The van der Waals surface area contributed by atoms with Crippen LogP contribution in [0.2, 0.25) is 0 Å². The Balaban J connectivity index is 1.62. The molecular weight excluding hydrogens is 411 g/mol. The fourth-order valence-corrected chi connectivity index (χ4v) is 6.85. The number of nitrogens with one attached hydrogen (secondary N) is 1. The van der Waals surface area contributed by atoms with Crippen LogP contribution in [0.3, 0.4) is 0 Å². The maximum absolute atomic E-state index is 14.0. The van der Waals surface area contributed by atoms with Gasteiger partial charge in [-0.25, -0.2) is 4.39 Å². The molecule has 4 nitrogen and oxygen atoms in total. The highest BCUT2D eigenvalue weighted by atomic mass is 32.1. The lowest BCUT2D eigenvalue weighted by Crippen LogP contribution is -2.52. The Hall–Kier alpha value is -2.83. The molecule has 2 aromatic carbocycles. The zero-order chi connectivity index (χ0) is 21.2. The molecule has 2 fully saturated rings. The summed E-state index contributed by atoms with van der Waals surface area (Å²) in [6.07, 6.45) is 1.88. The third kappa shape index (κ3) is 2.49. The van der Waals surface area contributed by atoms with Crippen molar-refractivity contribution < 1.29 is 14.0 Å². The summed E-state index contributed by atoms with van der Waals surface area (Å²) in [5.41, 5.74) is 1.54. The minimum Gasteiger partial charge on any atom is -0.324 e. The van der Waals surface area contributed by atoms with E-state index in [0.717, 1.165) is 36.2 Å². The van der Waals surface area contributed by atoms with Gasteiger partial charge in [0, 0.05) is 23.2 Å². The molecule has 156 valence electrons. The number of carbonyl (C=O) groups is 2. The molecule has 3 aromatic rings. The van der Waals surface area contributed by atoms with E-state index >= 15 is 0 Å². The average Bonchev–Trinajstić information content (AvgIpc) is 3.54. The topological polar surface area (TPSA) is 49.4 Å². The number of halogens is 1. The lowest BCUT2D eigenvalue weighted by Gasteiger charge is -2.36. The van der Waals surface area contributed by atoms with Crippen molar-refractivity contribution in [1.82, 2.24) is 4.90 Å². The van der Waals surface area contributed by atoms with Gasteiger partial charge in [0.05, 0.1) is 10.8 Å². The minimum absolute atomic E-state index is 0.00872. The molecule has 6 rings (SSSR count). The van der Waals surface area contributed by atoms with Gasteiger partial charge < -0.3 is 5.32 Å². The number of ketones is 1. The number of amides is 1. The van der Waals surface area contributed by atoms with Crippen LogP contribution in [0.4, 0.5) is 10.1 Å². The number of anilines is 1. The summed E-state index contributed by atoms with van der Waals surface area (Å²) in [5, 5.41) is 4.96. The van der Waals surface area contributed by atoms with E-state index in [1.807, 2.05) is 41.8 Å². The number of nitrogens with zero attached hydrogens (tertiary/aromatic N) is 1. The van der Waals surface area contributed by atoms with Crippen LogP contribution in [0, 0.1) is 11.7 Å². The molecule has 3 aliphatic rings. The van der Waals surface area contributed by atoms with Gasteiger partial charge in [-0.2, -0.15) is 0 Å². The molecule has 31 heavy (non-hydrogen) atoms. The summed E-state index contributed by atoms with van der Waals surface area (Å²) in [6.45, 7) is 0.762. The van der Waals surface area contributed by atoms with Crippen molar-refractivity contribution in [2.24, 2.45) is 5.92 Å². The minimum atomic E-state index is -1.04. The van der Waals surface area contributed by atoms with Crippen molar-refractivity contribution in [3.8, 4) is 0 Å². The molecule has 1 aromatic heterocycles. The van der Waals surface area contributed by atoms with Gasteiger partial charge >= 0.3 is 0 Å². The number of thiophene rings is 1. The summed E-state index contributed by atoms with van der Waals surface area (Å²) in [5.74, 6) is -1.20. The zero-order valence-corrected chi connectivity index (χ0v) is 17.6. The van der Waals surface area contributed by atoms with E-state index in [4.69, 9.17) is 0 Å². The second kappa shape index (κ2) is 6.84. The first-order chi connectivity index (χ1) is 15.1. The highest BCUT2D eigenvalue weighted by Crippen LogP contribution is 2.61. The summed E-state index contributed by atoms with van der Waals surface area (Å²) in [7, 11) is 0. The van der Waals surface area contributed by atoms with Crippen LogP contribution in [0.1, 0.15) is 39.6 Å². The second-order valence-electron chi connectivity index (χ2n) is 8.57. The fraction of sp³-hybridized carbons (Fsp3) is 0.280. The van der Waals surface area contributed by atoms with Crippen molar-refractivity contribution in [2.75, 3.05) is 11.9 Å². The Morgan fingerprint density at radius 2 is 1.90 bits per heavy atom. The Morgan fingerprint density at radius 3 is 2.68 bits per heavy atom. The van der Waals surface area contributed by atoms with Crippen LogP contribution >= 0.6 is 11.3 Å². The molecule has 6 heteroatoms. The van der Waals surface area contributed by atoms with Gasteiger partial charge in [0.1, 0.15) is 11.4 Å². The van der Waals surface area contributed by atoms with Gasteiger partial charge in [0.15, 0.2) is 5.78 Å². The Labute approximate surface area is 183 Å². The maximum Gasteiger partial charge on any atom is 0.250 e. The van der Waals surface area contributed by atoms with Crippen LogP contribution in [-0.4, -0.2) is 29.2 Å². The van der Waals surface area contributed by atoms with Crippen molar-refractivity contribution >= 4 is 28.7 Å². The van der Waals surface area contributed by atoms with Crippen LogP contribution < -0.4 is 5.32 Å². The summed E-state index contributed by atoms with van der Waals surface area (Å²) in [4.78, 5) is 30.7. The number of para-hydroxylation sites is 1. The predicted octanol–water partition coefficient (Wildman–Crippen LogP) is 4.80. The SMILES string of the molecule is O=C(c1cccs1)[C@H]1[C@H](c2ccc(F)cc2)C2CCCN2[C@]12C(=O)Nc1ccccc12. The van der Waals surface area contributed by atoms with E-state index in [0.29, 0.717) is 4.88 Å². The van der Waals surface area contributed by atoms with Gasteiger partial charge in [-0.05, 0) is 54.6 Å². The van der Waals surface area contributed by atoms with E-state index in [-0.39, 0.29) is 29.5 Å². The molecule has 3 aliphatic heterocycles. The maximum atomic E-state index is 14.0. The first kappa shape index (κ1) is 18.9. The van der Waals surface area contributed by atoms with E-state index in [1.165, 1.54) is 23.5 Å². The normalized spacial score (nSPS) is 29.2. The smallest absolute Gasteiger partial charge is 0.250 e. The average molecular weight is 433 g/mol. The number of Topliss-reactive ketones (excluding diaryl/α,β-unsaturated/α-hetero) is 1. The molecule has 4 heterocycles. The van der Waals surface area contributed by atoms with E-state index in [2.05, 4.69) is 10.2 Å². The quantitative estimate of drug-likeness (QED) is 0.605. The molecule has 2 saturated heterocycles. The molecule has 0 bridgehead atoms. The van der Waals surface area contributed by atoms with Gasteiger partial charge in [0.2, 0.25) is 5.91 Å². The third-order valence-corrected chi connectivity index (χ3v) is 8.09. The highest BCUT2D eigenvalue weighted by molar-refractivity contribution is 7.12. The van der Waals surface area contributed by atoms with Gasteiger partial charge in [-0.1, -0.05) is 36.4 Å². The molecule has 1 spiro atoms. The molecule has 0 saturated carbocycles. The Bertz CT molecular complexity index is 1180. The van der Waals surface area contributed by atoms with Gasteiger partial charge in [-0.3, -0.25) is 14.5 Å². The number of carbonyl (C=O) groups excluding carboxylic acids is 2. The van der Waals surface area contributed by atoms with Crippen LogP contribution in [0.5, 0.6) is 0 Å². The van der Waals surface area contributed by atoms with Crippen LogP contribution in [-0.2, 0) is 10.3 Å². The number of rotatable bonds is 3. The summed E-state index contributed by atoms with van der Waals surface area (Å²) in [6, 6.07) is 18.0. The van der Waals surface area contributed by atoms with Gasteiger partial charge in [-0.15, -0.1) is 11.3 Å². The van der Waals surface area contributed by atoms with E-state index in [9.17, 15) is 14.0 Å². The number of benzene rings is 2. The molecule has 0 aliphatic carbocycles. The third-order valence-electron chi connectivity index (χ3n) is 7.21. The summed E-state index contributed by atoms with van der Waals surface area (Å²) >= 11 is 1.41. The molecule has 1 amide bonds. The standard InChI is InChI=1S/C25H21FN2O2S/c26-16-11-9-15(10-12-16)21-19-7-3-13-28(19)25(22(21)23(29)20-8-4-14-31-20)17-5-1-2-6-18(17)27-24(25)30/h1-2,4-6,8-12,14,19,21-22H,3,7,13H2,(H,27,30)/t19?,21-,22-,25+/m1/s1. The molecule has 0 radical (unpaired) electrons. The lowest BCUT2D eigenvalue weighted by molar-refractivity contribution is -0.127. The van der Waals surface area contributed by atoms with Crippen molar-refractivity contribution in [1.29, 1.82) is 0 Å². The van der Waals surface area contributed by atoms with E-state index < -0.39 is 11.5 Å².